The van der Waals surface area contributed by atoms with Crippen molar-refractivity contribution in [2.24, 2.45) is 0 Å². The second-order valence-corrected chi connectivity index (χ2v) is 0.943. The molecule has 0 bridgehead atoms. The summed E-state index contributed by atoms with van der Waals surface area (Å²) < 4.78 is 10.9. The first-order chi connectivity index (χ1) is 2.41. The summed E-state index contributed by atoms with van der Waals surface area (Å²) in [7, 11) is 0. The topological polar surface area (TPSA) is 0 Å². The van der Waals surface area contributed by atoms with Gasteiger partial charge in [0.05, 0.1) is 0 Å². The third-order valence-electron chi connectivity index (χ3n) is 0.398. The van der Waals surface area contributed by atoms with Crippen LogP contribution < -0.4 is 18.9 Å². The average molecular weight is 82.0 g/mol. The van der Waals surface area contributed by atoms with E-state index in [1.54, 1.807) is 0 Å². The Morgan fingerprint density at radius 3 is 2.17 bits per heavy atom. The average Bonchev–Trinajstić information content (AvgIpc) is 1.41. The molecular formula is C4H8FLi. The van der Waals surface area contributed by atoms with Gasteiger partial charge in [0.15, 0.2) is 0 Å². The van der Waals surface area contributed by atoms with Crippen molar-refractivity contribution in [1.29, 1.82) is 0 Å². The molecule has 0 heterocycles. The van der Waals surface area contributed by atoms with Crippen LogP contribution >= 0.6 is 0 Å². The monoisotopic (exact) mass is 82.1 g/mol. The van der Waals surface area contributed by atoms with Gasteiger partial charge < -0.3 is 4.39 Å². The van der Waals surface area contributed by atoms with Gasteiger partial charge in [0, 0.05) is 0 Å². The predicted octanol–water partition coefficient (Wildman–Crippen LogP) is -1.08. The van der Waals surface area contributed by atoms with Gasteiger partial charge in [-0.1, -0.05) is 13.3 Å². The molecule has 0 atom stereocenters. The van der Waals surface area contributed by atoms with Gasteiger partial charge in [-0.15, -0.1) is 0 Å². The van der Waals surface area contributed by atoms with Crippen molar-refractivity contribution in [3.63, 3.8) is 0 Å². The fourth-order valence-electron chi connectivity index (χ4n) is 0.109. The second-order valence-electron chi connectivity index (χ2n) is 0.943. The zero-order chi connectivity index (χ0) is 4.12. The predicted molar refractivity (Wildman–Crippen MR) is 20.3 cm³/mol. The molecular weight excluding hydrogens is 74.0 g/mol. The molecule has 0 aromatic rings. The number of unbranched alkanes of at least 4 members (excludes halogenated alkanes) is 1. The van der Waals surface area contributed by atoms with Crippen LogP contribution in [-0.2, 0) is 0 Å². The van der Waals surface area contributed by atoms with E-state index in [4.69, 9.17) is 0 Å². The van der Waals surface area contributed by atoms with E-state index in [2.05, 4.69) is 0 Å². The minimum atomic E-state index is 0. The molecule has 0 unspecified atom stereocenters. The SMILES string of the molecule is CCC[CH-]F.[Li+]. The molecule has 2 heteroatoms. The van der Waals surface area contributed by atoms with Gasteiger partial charge in [-0.25, -0.2) is 0 Å². The zero-order valence-corrected chi connectivity index (χ0v) is 4.37. The maximum Gasteiger partial charge on any atom is 1.00 e. The molecule has 0 aliphatic carbocycles. The van der Waals surface area contributed by atoms with Crippen LogP contribution in [0.25, 0.3) is 0 Å². The molecule has 0 rings (SSSR count). The van der Waals surface area contributed by atoms with E-state index in [1.165, 1.54) is 0 Å². The third kappa shape index (κ3) is 8.82. The van der Waals surface area contributed by atoms with Crippen molar-refractivity contribution < 1.29 is 23.3 Å². The van der Waals surface area contributed by atoms with Crippen LogP contribution in [0.2, 0.25) is 0 Å². The molecule has 0 saturated heterocycles. The van der Waals surface area contributed by atoms with E-state index in [0.29, 0.717) is 13.1 Å². The quantitative estimate of drug-likeness (QED) is 0.293. The summed E-state index contributed by atoms with van der Waals surface area (Å²) in [6.07, 6.45) is 1.51. The Kier molecular flexibility index (Phi) is 14.8. The van der Waals surface area contributed by atoms with Gasteiger partial charge in [0.25, 0.3) is 0 Å². The summed E-state index contributed by atoms with van der Waals surface area (Å²) >= 11 is 0. The van der Waals surface area contributed by atoms with Gasteiger partial charge in [-0.2, -0.15) is 13.1 Å². The first kappa shape index (κ1) is 9.73. The minimum Gasteiger partial charge on any atom is -0.459 e. The van der Waals surface area contributed by atoms with E-state index in [1.807, 2.05) is 6.92 Å². The zero-order valence-electron chi connectivity index (χ0n) is 4.37. The van der Waals surface area contributed by atoms with Gasteiger partial charge in [0.1, 0.15) is 0 Å². The molecule has 32 valence electrons. The van der Waals surface area contributed by atoms with Gasteiger partial charge in [-0.05, 0) is 0 Å². The molecule has 0 spiro atoms. The molecule has 0 aromatic heterocycles. The Morgan fingerprint density at radius 1 is 1.67 bits per heavy atom. The van der Waals surface area contributed by atoms with Crippen LogP contribution in [0.3, 0.4) is 0 Å². The Balaban J connectivity index is 0. The van der Waals surface area contributed by atoms with Gasteiger partial charge in [-0.3, -0.25) is 0 Å². The van der Waals surface area contributed by atoms with E-state index in [-0.39, 0.29) is 18.9 Å². The van der Waals surface area contributed by atoms with Crippen LogP contribution in [0.5, 0.6) is 0 Å². The Bertz CT molecular complexity index is 15.0. The molecule has 0 fully saturated rings. The summed E-state index contributed by atoms with van der Waals surface area (Å²) in [5.41, 5.74) is 0. The molecule has 0 aliphatic heterocycles. The third-order valence-corrected chi connectivity index (χ3v) is 0.398. The van der Waals surface area contributed by atoms with Crippen molar-refractivity contribution in [2.45, 2.75) is 19.8 Å². The number of rotatable bonds is 2. The first-order valence-electron chi connectivity index (χ1n) is 1.83. The molecule has 0 N–H and O–H groups in total. The smallest absolute Gasteiger partial charge is 0.459 e. The van der Waals surface area contributed by atoms with Crippen LogP contribution in [0.1, 0.15) is 19.8 Å². The molecule has 0 nitrogen and oxygen atoms in total. The standard InChI is InChI=1S/C4H8F.Li/c1-2-3-4-5;/h4H,2-3H2,1H3;/q-1;+1. The molecule has 0 aromatic carbocycles. The Morgan fingerprint density at radius 2 is 2.17 bits per heavy atom. The largest absolute Gasteiger partial charge is 1.00 e. The van der Waals surface area contributed by atoms with E-state index in [0.717, 1.165) is 6.42 Å². The fourth-order valence-corrected chi connectivity index (χ4v) is 0.109. The second kappa shape index (κ2) is 9.11. The normalized spacial score (nSPS) is 7.00. The molecule has 0 radical (unpaired) electrons. The fraction of sp³-hybridized carbons (Fsp3) is 0.750. The number of hydrogen-bond acceptors (Lipinski definition) is 0. The maximum absolute atomic E-state index is 10.9. The molecule has 0 amide bonds. The van der Waals surface area contributed by atoms with Crippen LogP contribution in [0.4, 0.5) is 4.39 Å². The van der Waals surface area contributed by atoms with Gasteiger partial charge >= 0.3 is 18.9 Å². The van der Waals surface area contributed by atoms with Gasteiger partial charge in [0.2, 0.25) is 0 Å². The van der Waals surface area contributed by atoms with Crippen LogP contribution in [0, 0.1) is 6.67 Å². The van der Waals surface area contributed by atoms with Crippen molar-refractivity contribution in [1.82, 2.24) is 0 Å². The first-order valence-corrected chi connectivity index (χ1v) is 1.83. The summed E-state index contributed by atoms with van der Waals surface area (Å²) in [5, 5.41) is 0. The summed E-state index contributed by atoms with van der Waals surface area (Å²) in [6.45, 7) is 2.62. The van der Waals surface area contributed by atoms with E-state index >= 15 is 0 Å². The number of hydrogen-bond donors (Lipinski definition) is 0. The Labute approximate surface area is 50.3 Å². The Hall–Kier alpha value is 0.527. The minimum absolute atomic E-state index is 0. The van der Waals surface area contributed by atoms with Crippen LogP contribution in [0.15, 0.2) is 0 Å². The van der Waals surface area contributed by atoms with E-state index < -0.39 is 0 Å². The number of halogens is 1. The van der Waals surface area contributed by atoms with Crippen molar-refractivity contribution in [3.8, 4) is 0 Å². The summed E-state index contributed by atoms with van der Waals surface area (Å²) in [4.78, 5) is 0. The van der Waals surface area contributed by atoms with Crippen LogP contribution in [-0.4, -0.2) is 0 Å². The molecule has 0 aliphatic rings. The van der Waals surface area contributed by atoms with Crippen molar-refractivity contribution >= 4 is 0 Å². The van der Waals surface area contributed by atoms with Crippen molar-refractivity contribution in [3.05, 3.63) is 6.67 Å². The maximum atomic E-state index is 10.9. The summed E-state index contributed by atoms with van der Waals surface area (Å²) in [5.74, 6) is 0. The molecule has 6 heavy (non-hydrogen) atoms. The van der Waals surface area contributed by atoms with E-state index in [9.17, 15) is 4.39 Å². The molecule has 0 saturated carbocycles. The summed E-state index contributed by atoms with van der Waals surface area (Å²) in [6, 6.07) is 0. The van der Waals surface area contributed by atoms with Crippen molar-refractivity contribution in [2.75, 3.05) is 0 Å².